The Balaban J connectivity index is 1.37. The number of ether oxygens (including phenoxy) is 2. The van der Waals surface area contributed by atoms with E-state index in [1.54, 1.807) is 42.3 Å². The standard InChI is InChI=1S/C22H19ClN2O5/c1-28-19-5-3-2-4-18(19)25-12-15(10-21(25)26)22(27)29-13-17-11-20(30-24-17)14-6-8-16(23)9-7-14/h2-9,11,15H,10,12-13H2,1H3. The van der Waals surface area contributed by atoms with E-state index in [0.717, 1.165) is 5.56 Å². The first kappa shape index (κ1) is 20.0. The van der Waals surface area contributed by atoms with Crippen LogP contribution in [0.25, 0.3) is 11.3 Å². The summed E-state index contributed by atoms with van der Waals surface area (Å²) in [5.74, 6) is -0.0111. The van der Waals surface area contributed by atoms with Crippen molar-refractivity contribution < 1.29 is 23.6 Å². The molecule has 8 heteroatoms. The van der Waals surface area contributed by atoms with Crippen LogP contribution in [0.4, 0.5) is 5.69 Å². The number of aromatic nitrogens is 1. The molecule has 0 radical (unpaired) electrons. The van der Waals surface area contributed by atoms with E-state index in [1.807, 2.05) is 24.3 Å². The van der Waals surface area contributed by atoms with Crippen molar-refractivity contribution >= 4 is 29.2 Å². The Morgan fingerprint density at radius 2 is 2.00 bits per heavy atom. The molecule has 154 valence electrons. The Bertz CT molecular complexity index is 1060. The number of rotatable bonds is 6. The minimum Gasteiger partial charge on any atom is -0.495 e. The maximum absolute atomic E-state index is 12.5. The molecule has 0 bridgehead atoms. The summed E-state index contributed by atoms with van der Waals surface area (Å²) in [5, 5.41) is 4.56. The number of nitrogens with zero attached hydrogens (tertiary/aromatic N) is 2. The Morgan fingerprint density at radius 1 is 1.23 bits per heavy atom. The van der Waals surface area contributed by atoms with Crippen molar-refractivity contribution in [1.29, 1.82) is 0 Å². The van der Waals surface area contributed by atoms with E-state index in [4.69, 9.17) is 25.6 Å². The molecule has 0 saturated carbocycles. The second kappa shape index (κ2) is 8.59. The van der Waals surface area contributed by atoms with E-state index in [1.165, 1.54) is 0 Å². The first-order valence-corrected chi connectivity index (χ1v) is 9.74. The van der Waals surface area contributed by atoms with Crippen LogP contribution in [-0.2, 0) is 20.9 Å². The molecule has 0 N–H and O–H groups in total. The molecule has 3 aromatic rings. The molecule has 1 atom stereocenters. The maximum Gasteiger partial charge on any atom is 0.311 e. The van der Waals surface area contributed by atoms with Crippen LogP contribution in [0.2, 0.25) is 5.02 Å². The summed E-state index contributed by atoms with van der Waals surface area (Å²) in [6.07, 6.45) is 0.0890. The maximum atomic E-state index is 12.5. The Labute approximate surface area is 178 Å². The number of hydrogen-bond donors (Lipinski definition) is 0. The zero-order valence-electron chi connectivity index (χ0n) is 16.2. The van der Waals surface area contributed by atoms with Crippen molar-refractivity contribution in [3.63, 3.8) is 0 Å². The lowest BCUT2D eigenvalue weighted by molar-refractivity contribution is -0.149. The van der Waals surface area contributed by atoms with Gasteiger partial charge in [-0.15, -0.1) is 0 Å². The zero-order chi connectivity index (χ0) is 21.1. The number of carbonyl (C=O) groups excluding carboxylic acids is 2. The summed E-state index contributed by atoms with van der Waals surface area (Å²) < 4.78 is 16.0. The summed E-state index contributed by atoms with van der Waals surface area (Å²) in [4.78, 5) is 26.5. The number of hydrogen-bond acceptors (Lipinski definition) is 6. The highest BCUT2D eigenvalue weighted by Gasteiger charge is 2.37. The first-order chi connectivity index (χ1) is 14.5. The third kappa shape index (κ3) is 4.16. The summed E-state index contributed by atoms with van der Waals surface area (Å²) in [6, 6.07) is 16.1. The summed E-state index contributed by atoms with van der Waals surface area (Å²) >= 11 is 5.89. The zero-order valence-corrected chi connectivity index (χ0v) is 17.0. The van der Waals surface area contributed by atoms with E-state index < -0.39 is 11.9 Å². The summed E-state index contributed by atoms with van der Waals surface area (Å²) in [5.41, 5.74) is 1.95. The molecule has 4 rings (SSSR count). The van der Waals surface area contributed by atoms with Crippen LogP contribution in [0.3, 0.4) is 0 Å². The average molecular weight is 427 g/mol. The molecule has 1 saturated heterocycles. The quantitative estimate of drug-likeness (QED) is 0.552. The highest BCUT2D eigenvalue weighted by molar-refractivity contribution is 6.30. The second-order valence-corrected chi connectivity index (χ2v) is 7.31. The molecule has 7 nitrogen and oxygen atoms in total. The Morgan fingerprint density at radius 3 is 2.77 bits per heavy atom. The number of benzene rings is 2. The van der Waals surface area contributed by atoms with Gasteiger partial charge in [0, 0.05) is 29.6 Å². The third-order valence-electron chi connectivity index (χ3n) is 4.88. The van der Waals surface area contributed by atoms with E-state index in [0.29, 0.717) is 27.9 Å². The van der Waals surface area contributed by atoms with Crippen LogP contribution in [0.15, 0.2) is 59.1 Å². The van der Waals surface area contributed by atoms with Gasteiger partial charge >= 0.3 is 5.97 Å². The van der Waals surface area contributed by atoms with Crippen molar-refractivity contribution in [1.82, 2.24) is 5.16 Å². The molecule has 1 aromatic heterocycles. The lowest BCUT2D eigenvalue weighted by atomic mass is 10.1. The molecule has 2 aromatic carbocycles. The SMILES string of the molecule is COc1ccccc1N1CC(C(=O)OCc2cc(-c3ccc(Cl)cc3)on2)CC1=O. The minimum atomic E-state index is -0.551. The van der Waals surface area contributed by atoms with Crippen LogP contribution in [0.1, 0.15) is 12.1 Å². The van der Waals surface area contributed by atoms with Crippen molar-refractivity contribution in [2.24, 2.45) is 5.92 Å². The monoisotopic (exact) mass is 426 g/mol. The number of halogens is 1. The fourth-order valence-electron chi connectivity index (χ4n) is 3.34. The molecule has 1 aliphatic rings. The van der Waals surface area contributed by atoms with E-state index >= 15 is 0 Å². The van der Waals surface area contributed by atoms with Crippen molar-refractivity contribution in [2.45, 2.75) is 13.0 Å². The van der Waals surface area contributed by atoms with Crippen LogP contribution in [0.5, 0.6) is 5.75 Å². The number of carbonyl (C=O) groups is 2. The number of methoxy groups -OCH3 is 1. The smallest absolute Gasteiger partial charge is 0.311 e. The molecular weight excluding hydrogens is 408 g/mol. The fraction of sp³-hybridized carbons (Fsp3) is 0.227. The highest BCUT2D eigenvalue weighted by atomic mass is 35.5. The van der Waals surface area contributed by atoms with Gasteiger partial charge in [0.05, 0.1) is 18.7 Å². The lowest BCUT2D eigenvalue weighted by Crippen LogP contribution is -2.26. The number of anilines is 1. The van der Waals surface area contributed by atoms with E-state index in [9.17, 15) is 9.59 Å². The molecule has 1 unspecified atom stereocenters. The second-order valence-electron chi connectivity index (χ2n) is 6.87. The normalized spacial score (nSPS) is 16.0. The highest BCUT2D eigenvalue weighted by Crippen LogP contribution is 2.33. The van der Waals surface area contributed by atoms with Gasteiger partial charge in [0.1, 0.15) is 18.1 Å². The lowest BCUT2D eigenvalue weighted by Gasteiger charge is -2.19. The van der Waals surface area contributed by atoms with Crippen LogP contribution in [-0.4, -0.2) is 30.7 Å². The van der Waals surface area contributed by atoms with Gasteiger partial charge in [-0.05, 0) is 36.4 Å². The summed E-state index contributed by atoms with van der Waals surface area (Å²) in [7, 11) is 1.54. The number of esters is 1. The van der Waals surface area contributed by atoms with Crippen LogP contribution in [0, 0.1) is 5.92 Å². The number of para-hydroxylation sites is 2. The number of amides is 1. The van der Waals surface area contributed by atoms with Crippen LogP contribution < -0.4 is 9.64 Å². The largest absolute Gasteiger partial charge is 0.495 e. The van der Waals surface area contributed by atoms with Gasteiger partial charge in [-0.1, -0.05) is 28.9 Å². The molecule has 2 heterocycles. The predicted octanol–water partition coefficient (Wildman–Crippen LogP) is 4.10. The predicted molar refractivity (Wildman–Crippen MR) is 110 cm³/mol. The molecule has 0 spiro atoms. The van der Waals surface area contributed by atoms with E-state index in [2.05, 4.69) is 5.16 Å². The van der Waals surface area contributed by atoms with Gasteiger partial charge in [0.25, 0.3) is 0 Å². The topological polar surface area (TPSA) is 81.9 Å². The van der Waals surface area contributed by atoms with Crippen LogP contribution >= 0.6 is 11.6 Å². The van der Waals surface area contributed by atoms with Gasteiger partial charge in [-0.25, -0.2) is 0 Å². The van der Waals surface area contributed by atoms with Crippen molar-refractivity contribution in [3.8, 4) is 17.1 Å². The van der Waals surface area contributed by atoms with Gasteiger partial charge < -0.3 is 18.9 Å². The minimum absolute atomic E-state index is 0.0325. The van der Waals surface area contributed by atoms with Gasteiger partial charge in [-0.3, -0.25) is 9.59 Å². The Kier molecular flexibility index (Phi) is 5.72. The van der Waals surface area contributed by atoms with Gasteiger partial charge in [-0.2, -0.15) is 0 Å². The molecule has 30 heavy (non-hydrogen) atoms. The molecule has 1 fully saturated rings. The van der Waals surface area contributed by atoms with Crippen molar-refractivity contribution in [3.05, 3.63) is 65.3 Å². The van der Waals surface area contributed by atoms with Gasteiger partial charge in [0.2, 0.25) is 5.91 Å². The third-order valence-corrected chi connectivity index (χ3v) is 5.14. The molecular formula is C22H19ClN2O5. The van der Waals surface area contributed by atoms with E-state index in [-0.39, 0.29) is 25.5 Å². The van der Waals surface area contributed by atoms with Crippen molar-refractivity contribution in [2.75, 3.05) is 18.6 Å². The fourth-order valence-corrected chi connectivity index (χ4v) is 3.47. The molecule has 1 aliphatic heterocycles. The first-order valence-electron chi connectivity index (χ1n) is 9.36. The average Bonchev–Trinajstić information content (AvgIpc) is 3.39. The van der Waals surface area contributed by atoms with Gasteiger partial charge in [0.15, 0.2) is 5.76 Å². The Hall–Kier alpha value is -3.32. The summed E-state index contributed by atoms with van der Waals surface area (Å²) in [6.45, 7) is 0.210. The molecule has 1 amide bonds. The molecule has 0 aliphatic carbocycles.